The van der Waals surface area contributed by atoms with Crippen LogP contribution in [0.15, 0.2) is 12.1 Å². The van der Waals surface area contributed by atoms with E-state index in [-0.39, 0.29) is 22.5 Å². The fraction of sp³-hybridized carbons (Fsp3) is 0.200. The number of methoxy groups -OCH3 is 2. The highest BCUT2D eigenvalue weighted by Crippen LogP contribution is 2.25. The Bertz CT molecular complexity index is 402. The first-order valence-corrected chi connectivity index (χ1v) is 4.37. The molecule has 0 atom stereocenters. The number of nitrogens with two attached hydrogens (primary N) is 2. The van der Waals surface area contributed by atoms with Crippen molar-refractivity contribution in [3.05, 3.63) is 23.3 Å². The largest absolute Gasteiger partial charge is 0.465 e. The van der Waals surface area contributed by atoms with Gasteiger partial charge in [-0.25, -0.2) is 9.59 Å². The van der Waals surface area contributed by atoms with Crippen molar-refractivity contribution >= 4 is 23.3 Å². The van der Waals surface area contributed by atoms with Crippen LogP contribution in [0.2, 0.25) is 0 Å². The standard InChI is InChI=1S/C10H12N2O4/c1-15-9(13)5-3-4-6(10(14)16-2)8(12)7(5)11/h3-4H,11-12H2,1-2H3. The summed E-state index contributed by atoms with van der Waals surface area (Å²) in [6.45, 7) is 0. The molecule has 6 heteroatoms. The molecule has 0 aromatic heterocycles. The highest BCUT2D eigenvalue weighted by Gasteiger charge is 2.18. The van der Waals surface area contributed by atoms with Crippen LogP contribution in [-0.2, 0) is 9.47 Å². The maximum Gasteiger partial charge on any atom is 0.340 e. The van der Waals surface area contributed by atoms with Crippen LogP contribution in [-0.4, -0.2) is 26.2 Å². The number of rotatable bonds is 2. The summed E-state index contributed by atoms with van der Waals surface area (Å²) in [4.78, 5) is 22.5. The van der Waals surface area contributed by atoms with E-state index in [1.54, 1.807) is 0 Å². The Balaban J connectivity index is 3.28. The fourth-order valence-corrected chi connectivity index (χ4v) is 1.21. The van der Waals surface area contributed by atoms with Crippen molar-refractivity contribution in [1.82, 2.24) is 0 Å². The molecule has 1 aromatic rings. The molecular formula is C10H12N2O4. The summed E-state index contributed by atoms with van der Waals surface area (Å²) in [7, 11) is 2.46. The summed E-state index contributed by atoms with van der Waals surface area (Å²) in [5.74, 6) is -1.22. The van der Waals surface area contributed by atoms with E-state index in [1.807, 2.05) is 0 Å². The lowest BCUT2D eigenvalue weighted by Gasteiger charge is -2.09. The van der Waals surface area contributed by atoms with E-state index in [2.05, 4.69) is 9.47 Å². The van der Waals surface area contributed by atoms with Crippen LogP contribution in [0.1, 0.15) is 20.7 Å². The van der Waals surface area contributed by atoms with Crippen molar-refractivity contribution in [2.24, 2.45) is 0 Å². The number of hydrogen-bond acceptors (Lipinski definition) is 6. The van der Waals surface area contributed by atoms with Gasteiger partial charge in [-0.05, 0) is 12.1 Å². The number of nitrogen functional groups attached to an aromatic ring is 2. The molecule has 0 saturated heterocycles. The fourth-order valence-electron chi connectivity index (χ4n) is 1.21. The van der Waals surface area contributed by atoms with Crippen molar-refractivity contribution in [1.29, 1.82) is 0 Å². The summed E-state index contributed by atoms with van der Waals surface area (Å²) < 4.78 is 9.02. The molecule has 6 nitrogen and oxygen atoms in total. The molecule has 0 amide bonds. The molecule has 1 rings (SSSR count). The second kappa shape index (κ2) is 4.52. The van der Waals surface area contributed by atoms with Gasteiger partial charge in [-0.1, -0.05) is 0 Å². The third kappa shape index (κ3) is 1.90. The molecule has 0 spiro atoms. The predicted octanol–water partition coefficient (Wildman–Crippen LogP) is 0.424. The Hall–Kier alpha value is -2.24. The van der Waals surface area contributed by atoms with Crippen molar-refractivity contribution < 1.29 is 19.1 Å². The molecule has 0 heterocycles. The minimum Gasteiger partial charge on any atom is -0.465 e. The van der Waals surface area contributed by atoms with E-state index in [1.165, 1.54) is 26.4 Å². The van der Waals surface area contributed by atoms with Crippen LogP contribution in [0.25, 0.3) is 0 Å². The van der Waals surface area contributed by atoms with E-state index < -0.39 is 11.9 Å². The van der Waals surface area contributed by atoms with Crippen LogP contribution < -0.4 is 11.5 Å². The molecule has 16 heavy (non-hydrogen) atoms. The van der Waals surface area contributed by atoms with Gasteiger partial charge in [-0.3, -0.25) is 0 Å². The number of benzene rings is 1. The van der Waals surface area contributed by atoms with Gasteiger partial charge in [0, 0.05) is 0 Å². The van der Waals surface area contributed by atoms with Crippen LogP contribution in [0, 0.1) is 0 Å². The summed E-state index contributed by atoms with van der Waals surface area (Å²) in [6.07, 6.45) is 0. The zero-order chi connectivity index (χ0) is 12.3. The second-order valence-electron chi connectivity index (χ2n) is 2.97. The van der Waals surface area contributed by atoms with Crippen LogP contribution in [0.3, 0.4) is 0 Å². The van der Waals surface area contributed by atoms with Crippen LogP contribution in [0.5, 0.6) is 0 Å². The molecular weight excluding hydrogens is 212 g/mol. The minimum absolute atomic E-state index is 0.00903. The second-order valence-corrected chi connectivity index (χ2v) is 2.97. The van der Waals surface area contributed by atoms with Gasteiger partial charge in [0.1, 0.15) is 0 Å². The maximum absolute atomic E-state index is 11.3. The lowest BCUT2D eigenvalue weighted by molar-refractivity contribution is 0.0588. The van der Waals surface area contributed by atoms with Crippen molar-refractivity contribution in [3.8, 4) is 0 Å². The molecule has 0 unspecified atom stereocenters. The molecule has 0 aliphatic heterocycles. The molecule has 86 valence electrons. The van der Waals surface area contributed by atoms with Gasteiger partial charge < -0.3 is 20.9 Å². The quantitative estimate of drug-likeness (QED) is 0.557. The number of carbonyl (C=O) groups excluding carboxylic acids is 2. The first-order valence-electron chi connectivity index (χ1n) is 4.37. The number of esters is 2. The molecule has 0 aliphatic carbocycles. The van der Waals surface area contributed by atoms with Gasteiger partial charge >= 0.3 is 11.9 Å². The third-order valence-electron chi connectivity index (χ3n) is 2.10. The number of carbonyl (C=O) groups is 2. The van der Waals surface area contributed by atoms with Gasteiger partial charge in [0.25, 0.3) is 0 Å². The van der Waals surface area contributed by atoms with Gasteiger partial charge in [-0.2, -0.15) is 0 Å². The minimum atomic E-state index is -0.611. The molecule has 0 bridgehead atoms. The first kappa shape index (κ1) is 11.8. The highest BCUT2D eigenvalue weighted by molar-refractivity contribution is 6.04. The van der Waals surface area contributed by atoms with E-state index in [0.717, 1.165) is 0 Å². The van der Waals surface area contributed by atoms with E-state index in [9.17, 15) is 9.59 Å². The van der Waals surface area contributed by atoms with Crippen molar-refractivity contribution in [2.45, 2.75) is 0 Å². The predicted molar refractivity (Wildman–Crippen MR) is 57.9 cm³/mol. The summed E-state index contributed by atoms with van der Waals surface area (Å²) in [6, 6.07) is 2.73. The number of anilines is 2. The lowest BCUT2D eigenvalue weighted by Crippen LogP contribution is -2.12. The van der Waals surface area contributed by atoms with E-state index in [4.69, 9.17) is 11.5 Å². The molecule has 1 aromatic carbocycles. The van der Waals surface area contributed by atoms with E-state index in [0.29, 0.717) is 0 Å². The molecule has 0 saturated carbocycles. The first-order chi connectivity index (χ1) is 7.52. The zero-order valence-electron chi connectivity index (χ0n) is 8.94. The number of hydrogen-bond donors (Lipinski definition) is 2. The lowest BCUT2D eigenvalue weighted by atomic mass is 10.1. The van der Waals surface area contributed by atoms with Gasteiger partial charge in [0.2, 0.25) is 0 Å². The Morgan fingerprint density at radius 2 is 1.25 bits per heavy atom. The maximum atomic E-state index is 11.3. The molecule has 0 aliphatic rings. The molecule has 0 radical (unpaired) electrons. The average molecular weight is 224 g/mol. The van der Waals surface area contributed by atoms with Gasteiger partial charge in [0.05, 0.1) is 36.7 Å². The van der Waals surface area contributed by atoms with Crippen LogP contribution >= 0.6 is 0 Å². The SMILES string of the molecule is COC(=O)c1ccc(C(=O)OC)c(N)c1N. The topological polar surface area (TPSA) is 105 Å². The van der Waals surface area contributed by atoms with Gasteiger partial charge in [-0.15, -0.1) is 0 Å². The van der Waals surface area contributed by atoms with Crippen molar-refractivity contribution in [2.75, 3.05) is 25.7 Å². The Morgan fingerprint density at radius 3 is 1.50 bits per heavy atom. The molecule has 4 N–H and O–H groups in total. The average Bonchev–Trinajstić information content (AvgIpc) is 2.30. The van der Waals surface area contributed by atoms with E-state index >= 15 is 0 Å². The third-order valence-corrected chi connectivity index (χ3v) is 2.10. The smallest absolute Gasteiger partial charge is 0.340 e. The van der Waals surface area contributed by atoms with Gasteiger partial charge in [0.15, 0.2) is 0 Å². The zero-order valence-corrected chi connectivity index (χ0v) is 8.94. The summed E-state index contributed by atoms with van der Waals surface area (Å²) >= 11 is 0. The Labute approximate surface area is 92.1 Å². The Kier molecular flexibility index (Phi) is 3.34. The Morgan fingerprint density at radius 1 is 0.938 bits per heavy atom. The van der Waals surface area contributed by atoms with Crippen molar-refractivity contribution in [3.63, 3.8) is 0 Å². The van der Waals surface area contributed by atoms with Crippen LogP contribution in [0.4, 0.5) is 11.4 Å². The monoisotopic (exact) mass is 224 g/mol. The summed E-state index contributed by atoms with van der Waals surface area (Å²) in [5.41, 5.74) is 11.5. The molecule has 0 fully saturated rings. The number of ether oxygens (including phenoxy) is 2. The summed E-state index contributed by atoms with van der Waals surface area (Å²) in [5, 5.41) is 0. The normalized spacial score (nSPS) is 9.62. The highest BCUT2D eigenvalue weighted by atomic mass is 16.5.